The van der Waals surface area contributed by atoms with Gasteiger partial charge in [0.1, 0.15) is 11.5 Å². The first kappa shape index (κ1) is 24.6. The highest BCUT2D eigenvalue weighted by Crippen LogP contribution is 2.41. The zero-order chi connectivity index (χ0) is 24.3. The van der Waals surface area contributed by atoms with Gasteiger partial charge in [-0.15, -0.1) is 0 Å². The van der Waals surface area contributed by atoms with E-state index < -0.39 is 17.7 Å². The average molecular weight is 472 g/mol. The quantitative estimate of drug-likeness (QED) is 0.359. The smallest absolute Gasteiger partial charge is 0.295 e. The molecule has 2 aromatic carbocycles. The SMILES string of the molecule is COc1ccc(Cl)cc1/C(O)=C1\C(=O)C(=O)N(CCCN(C)C)C1c1ccc(N(C)C)cc1. The number of methoxy groups -OCH3 is 1. The molecule has 2 aromatic rings. The molecule has 1 aliphatic rings. The van der Waals surface area contributed by atoms with E-state index in [9.17, 15) is 14.7 Å². The highest BCUT2D eigenvalue weighted by molar-refractivity contribution is 6.46. The van der Waals surface area contributed by atoms with Crippen LogP contribution in [0.4, 0.5) is 5.69 Å². The number of nitrogens with zero attached hydrogens (tertiary/aromatic N) is 3. The number of rotatable bonds is 8. The van der Waals surface area contributed by atoms with Gasteiger partial charge in [0.25, 0.3) is 11.7 Å². The summed E-state index contributed by atoms with van der Waals surface area (Å²) in [6.07, 6.45) is 0.687. The van der Waals surface area contributed by atoms with Gasteiger partial charge in [0.05, 0.1) is 24.3 Å². The van der Waals surface area contributed by atoms with Crippen LogP contribution in [0.5, 0.6) is 5.75 Å². The first-order valence-corrected chi connectivity index (χ1v) is 11.1. The number of halogens is 1. The lowest BCUT2D eigenvalue weighted by Gasteiger charge is -2.26. The molecule has 0 radical (unpaired) electrons. The van der Waals surface area contributed by atoms with E-state index in [4.69, 9.17) is 16.3 Å². The fourth-order valence-corrected chi connectivity index (χ4v) is 4.15. The molecule has 33 heavy (non-hydrogen) atoms. The van der Waals surface area contributed by atoms with Gasteiger partial charge in [-0.1, -0.05) is 23.7 Å². The lowest BCUT2D eigenvalue weighted by molar-refractivity contribution is -0.139. The number of ether oxygens (including phenoxy) is 1. The lowest BCUT2D eigenvalue weighted by atomic mass is 9.94. The van der Waals surface area contributed by atoms with Crippen LogP contribution in [0.25, 0.3) is 5.76 Å². The number of ketones is 1. The standard InChI is InChI=1S/C25H30ClN3O4/c1-27(2)13-6-14-29-22(16-7-10-18(11-8-16)28(3)4)21(24(31)25(29)32)23(30)19-15-17(26)9-12-20(19)33-5/h7-12,15,22,30H,6,13-14H2,1-5H3/b23-21+. The number of amides is 1. The van der Waals surface area contributed by atoms with Crippen LogP contribution >= 0.6 is 11.6 Å². The van der Waals surface area contributed by atoms with Crippen molar-refractivity contribution in [2.75, 3.05) is 53.3 Å². The minimum atomic E-state index is -0.721. The molecule has 1 aliphatic heterocycles. The van der Waals surface area contributed by atoms with E-state index >= 15 is 0 Å². The van der Waals surface area contributed by atoms with Gasteiger partial charge < -0.3 is 24.5 Å². The average Bonchev–Trinajstić information content (AvgIpc) is 3.03. The summed E-state index contributed by atoms with van der Waals surface area (Å²) in [5.41, 5.74) is 2.03. The van der Waals surface area contributed by atoms with Crippen molar-refractivity contribution in [3.8, 4) is 5.75 Å². The van der Waals surface area contributed by atoms with Crippen LogP contribution in [0.2, 0.25) is 5.02 Å². The molecule has 0 saturated carbocycles. The second-order valence-electron chi connectivity index (χ2n) is 8.48. The van der Waals surface area contributed by atoms with Crippen molar-refractivity contribution in [2.24, 2.45) is 0 Å². The summed E-state index contributed by atoms with van der Waals surface area (Å²) in [6.45, 7) is 1.14. The summed E-state index contributed by atoms with van der Waals surface area (Å²) in [5.74, 6) is -1.29. The van der Waals surface area contributed by atoms with Gasteiger partial charge in [0.2, 0.25) is 0 Å². The predicted molar refractivity (Wildman–Crippen MR) is 131 cm³/mol. The molecule has 1 atom stereocenters. The fraction of sp³-hybridized carbons (Fsp3) is 0.360. The van der Waals surface area contributed by atoms with Crippen molar-refractivity contribution >= 4 is 34.7 Å². The van der Waals surface area contributed by atoms with E-state index in [2.05, 4.69) is 0 Å². The van der Waals surface area contributed by atoms with Gasteiger partial charge in [-0.25, -0.2) is 0 Å². The summed E-state index contributed by atoms with van der Waals surface area (Å²) in [4.78, 5) is 31.8. The molecule has 7 nitrogen and oxygen atoms in total. The van der Waals surface area contributed by atoms with Crippen molar-refractivity contribution in [3.05, 3.63) is 64.2 Å². The van der Waals surface area contributed by atoms with Gasteiger partial charge in [0.15, 0.2) is 0 Å². The summed E-state index contributed by atoms with van der Waals surface area (Å²) in [7, 11) is 9.26. The summed E-state index contributed by atoms with van der Waals surface area (Å²) < 4.78 is 5.37. The molecule has 1 amide bonds. The van der Waals surface area contributed by atoms with Crippen molar-refractivity contribution in [3.63, 3.8) is 0 Å². The maximum atomic E-state index is 13.2. The zero-order valence-electron chi connectivity index (χ0n) is 19.6. The van der Waals surface area contributed by atoms with Gasteiger partial charge in [0, 0.05) is 31.4 Å². The lowest BCUT2D eigenvalue weighted by Crippen LogP contribution is -2.32. The summed E-state index contributed by atoms with van der Waals surface area (Å²) >= 11 is 6.16. The second kappa shape index (κ2) is 10.3. The molecule has 1 saturated heterocycles. The minimum Gasteiger partial charge on any atom is -0.507 e. The van der Waals surface area contributed by atoms with Crippen LogP contribution in [0.15, 0.2) is 48.0 Å². The van der Waals surface area contributed by atoms with E-state index in [1.54, 1.807) is 17.0 Å². The molecule has 1 heterocycles. The Kier molecular flexibility index (Phi) is 7.66. The number of aliphatic hydroxyl groups excluding tert-OH is 1. The van der Waals surface area contributed by atoms with Crippen LogP contribution in [-0.2, 0) is 9.59 Å². The maximum absolute atomic E-state index is 13.2. The third-order valence-corrected chi connectivity index (χ3v) is 5.92. The first-order chi connectivity index (χ1) is 15.6. The zero-order valence-corrected chi connectivity index (χ0v) is 20.4. The molecule has 0 aromatic heterocycles. The fourth-order valence-electron chi connectivity index (χ4n) is 3.98. The topological polar surface area (TPSA) is 73.3 Å². The van der Waals surface area contributed by atoms with E-state index in [0.717, 1.165) is 17.8 Å². The normalized spacial score (nSPS) is 17.7. The molecular weight excluding hydrogens is 442 g/mol. The van der Waals surface area contributed by atoms with Crippen molar-refractivity contribution < 1.29 is 19.4 Å². The number of hydrogen-bond acceptors (Lipinski definition) is 6. The Morgan fingerprint density at radius 3 is 2.33 bits per heavy atom. The van der Waals surface area contributed by atoms with Gasteiger partial charge in [-0.2, -0.15) is 0 Å². The number of carbonyl (C=O) groups excluding carboxylic acids is 2. The number of Topliss-reactive ketones (excluding diaryl/α,β-unsaturated/α-hetero) is 1. The number of hydrogen-bond donors (Lipinski definition) is 1. The van der Waals surface area contributed by atoms with Gasteiger partial charge in [-0.3, -0.25) is 9.59 Å². The molecular formula is C25H30ClN3O4. The summed E-state index contributed by atoms with van der Waals surface area (Å²) in [6, 6.07) is 11.7. The Hall–Kier alpha value is -3.03. The van der Waals surface area contributed by atoms with Crippen molar-refractivity contribution in [1.82, 2.24) is 9.80 Å². The van der Waals surface area contributed by atoms with E-state index in [-0.39, 0.29) is 16.9 Å². The molecule has 1 unspecified atom stereocenters. The second-order valence-corrected chi connectivity index (χ2v) is 8.92. The molecule has 176 valence electrons. The Morgan fingerprint density at radius 2 is 1.76 bits per heavy atom. The predicted octanol–water partition coefficient (Wildman–Crippen LogP) is 3.79. The molecule has 0 aliphatic carbocycles. The molecule has 0 spiro atoms. The van der Waals surface area contributed by atoms with Crippen molar-refractivity contribution in [2.45, 2.75) is 12.5 Å². The number of aliphatic hydroxyl groups is 1. The molecule has 8 heteroatoms. The van der Waals surface area contributed by atoms with Crippen LogP contribution < -0.4 is 9.64 Å². The van der Waals surface area contributed by atoms with E-state index in [1.807, 2.05) is 62.3 Å². The molecule has 0 bridgehead atoms. The highest BCUT2D eigenvalue weighted by atomic mass is 35.5. The summed E-state index contributed by atoms with van der Waals surface area (Å²) in [5, 5.41) is 11.7. The number of likely N-dealkylation sites (tertiary alicyclic amines) is 1. The van der Waals surface area contributed by atoms with E-state index in [1.165, 1.54) is 13.2 Å². The van der Waals surface area contributed by atoms with Crippen LogP contribution in [-0.4, -0.2) is 75.0 Å². The monoisotopic (exact) mass is 471 g/mol. The maximum Gasteiger partial charge on any atom is 0.295 e. The molecule has 3 rings (SSSR count). The Bertz CT molecular complexity index is 1060. The van der Waals surface area contributed by atoms with Gasteiger partial charge >= 0.3 is 0 Å². The van der Waals surface area contributed by atoms with Crippen LogP contribution in [0.3, 0.4) is 0 Å². The first-order valence-electron chi connectivity index (χ1n) is 10.7. The third-order valence-electron chi connectivity index (χ3n) is 5.69. The number of carbonyl (C=O) groups is 2. The number of anilines is 1. The van der Waals surface area contributed by atoms with Crippen molar-refractivity contribution in [1.29, 1.82) is 0 Å². The van der Waals surface area contributed by atoms with Crippen LogP contribution in [0.1, 0.15) is 23.6 Å². The van der Waals surface area contributed by atoms with E-state index in [0.29, 0.717) is 23.7 Å². The molecule has 1 N–H and O–H groups in total. The third kappa shape index (κ3) is 5.15. The molecule has 1 fully saturated rings. The Labute approximate surface area is 199 Å². The largest absolute Gasteiger partial charge is 0.507 e. The Balaban J connectivity index is 2.15. The van der Waals surface area contributed by atoms with Crippen LogP contribution in [0, 0.1) is 0 Å². The minimum absolute atomic E-state index is 0.0306. The highest BCUT2D eigenvalue weighted by Gasteiger charge is 2.46. The number of benzene rings is 2. The Morgan fingerprint density at radius 1 is 1.09 bits per heavy atom. The van der Waals surface area contributed by atoms with Gasteiger partial charge in [-0.05, 0) is 63.0 Å².